The lowest BCUT2D eigenvalue weighted by Gasteiger charge is -2.21. The predicted octanol–water partition coefficient (Wildman–Crippen LogP) is 1.71. The Morgan fingerprint density at radius 2 is 2.08 bits per heavy atom. The first-order valence-corrected chi connectivity index (χ1v) is 8.58. The number of nitrogens with zero attached hydrogens (tertiary/aromatic N) is 2. The van der Waals surface area contributed by atoms with Crippen molar-refractivity contribution in [3.63, 3.8) is 0 Å². The summed E-state index contributed by atoms with van der Waals surface area (Å²) in [5.74, 6) is -1.02. The van der Waals surface area contributed by atoms with Gasteiger partial charge in [-0.1, -0.05) is 0 Å². The lowest BCUT2D eigenvalue weighted by molar-refractivity contribution is -0.154. The Bertz CT molecular complexity index is 662. The lowest BCUT2D eigenvalue weighted by atomic mass is 9.84. The summed E-state index contributed by atoms with van der Waals surface area (Å²) in [5.41, 5.74) is 1.29. The summed E-state index contributed by atoms with van der Waals surface area (Å²) in [5, 5.41) is 4.56. The van der Waals surface area contributed by atoms with E-state index in [1.807, 2.05) is 20.0 Å². The SMILES string of the molecule is CCOC(=O)C(C)(C)Cn1cc2c(n1)CCC(C(=O)CC(=O)OC)C2. The van der Waals surface area contributed by atoms with Crippen LogP contribution in [-0.4, -0.2) is 41.2 Å². The van der Waals surface area contributed by atoms with Gasteiger partial charge in [0.1, 0.15) is 12.2 Å². The van der Waals surface area contributed by atoms with E-state index in [4.69, 9.17) is 4.74 Å². The molecule has 7 heteroatoms. The molecule has 1 unspecified atom stereocenters. The Balaban J connectivity index is 2.04. The van der Waals surface area contributed by atoms with E-state index in [0.29, 0.717) is 32.4 Å². The average molecular weight is 350 g/mol. The third-order valence-electron chi connectivity index (χ3n) is 4.51. The predicted molar refractivity (Wildman–Crippen MR) is 89.8 cm³/mol. The molecule has 0 N–H and O–H groups in total. The largest absolute Gasteiger partial charge is 0.469 e. The number of aromatic nitrogens is 2. The van der Waals surface area contributed by atoms with Crippen LogP contribution in [0.25, 0.3) is 0 Å². The van der Waals surface area contributed by atoms with Crippen LogP contribution in [0.5, 0.6) is 0 Å². The van der Waals surface area contributed by atoms with Crippen molar-refractivity contribution in [2.24, 2.45) is 11.3 Å². The van der Waals surface area contributed by atoms with E-state index in [-0.39, 0.29) is 24.1 Å². The fraction of sp³-hybridized carbons (Fsp3) is 0.667. The lowest BCUT2D eigenvalue weighted by Crippen LogP contribution is -2.31. The van der Waals surface area contributed by atoms with Crippen molar-refractivity contribution < 1.29 is 23.9 Å². The van der Waals surface area contributed by atoms with Crippen LogP contribution in [0.3, 0.4) is 0 Å². The molecule has 1 atom stereocenters. The molecule has 7 nitrogen and oxygen atoms in total. The van der Waals surface area contributed by atoms with Crippen LogP contribution in [-0.2, 0) is 43.2 Å². The van der Waals surface area contributed by atoms with Crippen molar-refractivity contribution in [2.45, 2.75) is 53.0 Å². The van der Waals surface area contributed by atoms with Gasteiger partial charge in [-0.15, -0.1) is 0 Å². The zero-order valence-corrected chi connectivity index (χ0v) is 15.3. The minimum Gasteiger partial charge on any atom is -0.469 e. The molecule has 138 valence electrons. The van der Waals surface area contributed by atoms with E-state index in [9.17, 15) is 14.4 Å². The van der Waals surface area contributed by atoms with E-state index in [0.717, 1.165) is 11.3 Å². The molecule has 1 heterocycles. The maximum absolute atomic E-state index is 12.2. The summed E-state index contributed by atoms with van der Waals surface area (Å²) >= 11 is 0. The number of carbonyl (C=O) groups is 3. The van der Waals surface area contributed by atoms with Gasteiger partial charge in [0.15, 0.2) is 0 Å². The molecule has 0 amide bonds. The molecule has 0 spiro atoms. The molecule has 0 saturated carbocycles. The number of rotatable bonds is 7. The number of methoxy groups -OCH3 is 1. The molecule has 0 bridgehead atoms. The maximum Gasteiger partial charge on any atom is 0.313 e. The van der Waals surface area contributed by atoms with Gasteiger partial charge in [-0.05, 0) is 45.6 Å². The van der Waals surface area contributed by atoms with Gasteiger partial charge >= 0.3 is 11.9 Å². The number of fused-ring (bicyclic) bond motifs is 1. The molecule has 0 saturated heterocycles. The second-order valence-corrected chi connectivity index (χ2v) is 7.06. The van der Waals surface area contributed by atoms with E-state index in [1.165, 1.54) is 7.11 Å². The Morgan fingerprint density at radius 1 is 1.36 bits per heavy atom. The maximum atomic E-state index is 12.2. The van der Waals surface area contributed by atoms with Crippen molar-refractivity contribution in [1.82, 2.24) is 9.78 Å². The first-order valence-electron chi connectivity index (χ1n) is 8.58. The minimum atomic E-state index is -0.676. The summed E-state index contributed by atoms with van der Waals surface area (Å²) in [4.78, 5) is 35.5. The highest BCUT2D eigenvalue weighted by molar-refractivity contribution is 5.97. The monoisotopic (exact) mass is 350 g/mol. The highest BCUT2D eigenvalue weighted by Crippen LogP contribution is 2.28. The van der Waals surface area contributed by atoms with Crippen LogP contribution < -0.4 is 0 Å². The van der Waals surface area contributed by atoms with Crippen molar-refractivity contribution >= 4 is 17.7 Å². The quantitative estimate of drug-likeness (QED) is 0.549. The van der Waals surface area contributed by atoms with Crippen LogP contribution in [0.15, 0.2) is 6.20 Å². The van der Waals surface area contributed by atoms with Gasteiger partial charge < -0.3 is 9.47 Å². The smallest absolute Gasteiger partial charge is 0.313 e. The van der Waals surface area contributed by atoms with Crippen LogP contribution in [0, 0.1) is 11.3 Å². The Morgan fingerprint density at radius 3 is 2.72 bits per heavy atom. The Kier molecular flexibility index (Phi) is 5.98. The van der Waals surface area contributed by atoms with Crippen molar-refractivity contribution in [3.8, 4) is 0 Å². The summed E-state index contributed by atoms with van der Waals surface area (Å²) < 4.78 is 11.4. The van der Waals surface area contributed by atoms with Gasteiger partial charge in [0.2, 0.25) is 0 Å². The number of hydrogen-bond donors (Lipinski definition) is 0. The zero-order chi connectivity index (χ0) is 18.6. The van der Waals surface area contributed by atoms with Crippen molar-refractivity contribution in [3.05, 3.63) is 17.5 Å². The summed E-state index contributed by atoms with van der Waals surface area (Å²) in [7, 11) is 1.28. The fourth-order valence-corrected chi connectivity index (χ4v) is 3.07. The average Bonchev–Trinajstić information content (AvgIpc) is 2.95. The van der Waals surface area contributed by atoms with Gasteiger partial charge in [0.25, 0.3) is 0 Å². The summed E-state index contributed by atoms with van der Waals surface area (Å²) in [6.07, 6.45) is 3.67. The molecule has 0 aliphatic heterocycles. The van der Waals surface area contributed by atoms with E-state index in [2.05, 4.69) is 9.84 Å². The number of ketones is 1. The van der Waals surface area contributed by atoms with Gasteiger partial charge in [0, 0.05) is 12.1 Å². The third-order valence-corrected chi connectivity index (χ3v) is 4.51. The number of aryl methyl sites for hydroxylation is 1. The first kappa shape index (κ1) is 19.1. The standard InChI is InChI=1S/C18H26N2O5/c1-5-25-17(23)18(2,3)11-20-10-13-8-12(6-7-14(13)19-20)15(21)9-16(22)24-4/h10,12H,5-9,11H2,1-4H3. The van der Waals surface area contributed by atoms with Crippen LogP contribution in [0.2, 0.25) is 0 Å². The number of carbonyl (C=O) groups excluding carboxylic acids is 3. The third kappa shape index (κ3) is 4.67. The number of hydrogen-bond acceptors (Lipinski definition) is 6. The van der Waals surface area contributed by atoms with Gasteiger partial charge in [0.05, 0.1) is 31.4 Å². The summed E-state index contributed by atoms with van der Waals surface area (Å²) in [6, 6.07) is 0. The number of Topliss-reactive ketones (excluding diaryl/α,β-unsaturated/α-hetero) is 1. The Hall–Kier alpha value is -2.18. The number of esters is 2. The molecule has 2 rings (SSSR count). The molecule has 25 heavy (non-hydrogen) atoms. The Labute approximate surface area is 147 Å². The highest BCUT2D eigenvalue weighted by Gasteiger charge is 2.32. The van der Waals surface area contributed by atoms with E-state index in [1.54, 1.807) is 11.6 Å². The molecular weight excluding hydrogens is 324 g/mol. The zero-order valence-electron chi connectivity index (χ0n) is 15.3. The van der Waals surface area contributed by atoms with Gasteiger partial charge in [-0.3, -0.25) is 19.1 Å². The van der Waals surface area contributed by atoms with Crippen molar-refractivity contribution in [1.29, 1.82) is 0 Å². The van der Waals surface area contributed by atoms with E-state index < -0.39 is 11.4 Å². The van der Waals surface area contributed by atoms with Crippen LogP contribution >= 0.6 is 0 Å². The second kappa shape index (κ2) is 7.80. The molecule has 1 aliphatic carbocycles. The molecule has 0 radical (unpaired) electrons. The summed E-state index contributed by atoms with van der Waals surface area (Å²) in [6.45, 7) is 6.20. The molecule has 1 aliphatic rings. The molecule has 0 fully saturated rings. The fourth-order valence-electron chi connectivity index (χ4n) is 3.07. The van der Waals surface area contributed by atoms with Crippen LogP contribution in [0.4, 0.5) is 0 Å². The van der Waals surface area contributed by atoms with E-state index >= 15 is 0 Å². The van der Waals surface area contributed by atoms with Gasteiger partial charge in [-0.2, -0.15) is 5.10 Å². The van der Waals surface area contributed by atoms with Gasteiger partial charge in [-0.25, -0.2) is 0 Å². The molecule has 0 aromatic carbocycles. The topological polar surface area (TPSA) is 87.5 Å². The minimum absolute atomic E-state index is 0.0860. The van der Waals surface area contributed by atoms with Crippen molar-refractivity contribution in [2.75, 3.05) is 13.7 Å². The number of ether oxygens (including phenoxy) is 2. The molecule has 1 aromatic rings. The van der Waals surface area contributed by atoms with Crippen LogP contribution in [0.1, 0.15) is 44.9 Å². The molecule has 1 aromatic heterocycles. The highest BCUT2D eigenvalue weighted by atomic mass is 16.5. The first-order chi connectivity index (χ1) is 11.8. The molecular formula is C18H26N2O5. The second-order valence-electron chi connectivity index (χ2n) is 7.06. The normalized spacial score (nSPS) is 16.9.